The topological polar surface area (TPSA) is 75.4 Å². The van der Waals surface area contributed by atoms with Gasteiger partial charge in [0.05, 0.1) is 5.69 Å². The minimum atomic E-state index is -0.739. The average molecular weight is 348 g/mol. The van der Waals surface area contributed by atoms with E-state index in [1.807, 2.05) is 23.6 Å². The number of aliphatic hydroxyl groups is 1. The van der Waals surface area contributed by atoms with Crippen molar-refractivity contribution in [3.8, 4) is 10.4 Å². The average Bonchev–Trinajstić information content (AvgIpc) is 3.25. The highest BCUT2D eigenvalue weighted by atomic mass is 32.1. The molecule has 0 radical (unpaired) electrons. The molecule has 0 bridgehead atoms. The highest BCUT2D eigenvalue weighted by Crippen LogP contribution is 2.32. The molecule has 1 unspecified atom stereocenters. The van der Waals surface area contributed by atoms with E-state index in [0.717, 1.165) is 15.3 Å². The van der Waals surface area contributed by atoms with Crippen LogP contribution in [-0.4, -0.2) is 22.7 Å². The number of amides is 1. The zero-order chi connectivity index (χ0) is 16.4. The molecule has 120 valence electrons. The van der Waals surface area contributed by atoms with Gasteiger partial charge in [0, 0.05) is 21.9 Å². The summed E-state index contributed by atoms with van der Waals surface area (Å²) < 4.78 is 4.98. The minimum Gasteiger partial charge on any atom is -0.386 e. The number of carbonyl (C=O) groups excluding carboxylic acids is 1. The van der Waals surface area contributed by atoms with Gasteiger partial charge in [-0.15, -0.1) is 11.3 Å². The molecule has 0 aromatic carbocycles. The first-order valence-electron chi connectivity index (χ1n) is 7.07. The van der Waals surface area contributed by atoms with Gasteiger partial charge in [0.15, 0.2) is 0 Å². The molecule has 3 heterocycles. The van der Waals surface area contributed by atoms with Crippen LogP contribution in [0.3, 0.4) is 0 Å². The summed E-state index contributed by atoms with van der Waals surface area (Å²) in [4.78, 5) is 14.1. The molecule has 0 spiro atoms. The second-order valence-electron chi connectivity index (χ2n) is 5.14. The summed E-state index contributed by atoms with van der Waals surface area (Å²) in [5.41, 5.74) is 2.13. The Morgan fingerprint density at radius 3 is 2.87 bits per heavy atom. The minimum absolute atomic E-state index is 0.145. The number of carbonyl (C=O) groups is 1. The van der Waals surface area contributed by atoms with Crippen molar-refractivity contribution >= 4 is 28.6 Å². The van der Waals surface area contributed by atoms with E-state index in [2.05, 4.69) is 15.9 Å². The Hall–Kier alpha value is -1.96. The number of nitrogens with zero attached hydrogens (tertiary/aromatic N) is 1. The van der Waals surface area contributed by atoms with E-state index >= 15 is 0 Å². The third-order valence-corrected chi connectivity index (χ3v) is 5.40. The largest absolute Gasteiger partial charge is 0.386 e. The summed E-state index contributed by atoms with van der Waals surface area (Å²) in [5, 5.41) is 20.9. The summed E-state index contributed by atoms with van der Waals surface area (Å²) in [6, 6.07) is 5.93. The molecule has 2 N–H and O–H groups in total. The van der Waals surface area contributed by atoms with Crippen molar-refractivity contribution in [2.24, 2.45) is 0 Å². The molecular formula is C16H16N2O3S2. The number of rotatable bonds is 5. The summed E-state index contributed by atoms with van der Waals surface area (Å²) in [6.07, 6.45) is -0.739. The van der Waals surface area contributed by atoms with Crippen LogP contribution in [0.2, 0.25) is 0 Å². The van der Waals surface area contributed by atoms with Crippen LogP contribution in [0, 0.1) is 13.8 Å². The van der Waals surface area contributed by atoms with Gasteiger partial charge >= 0.3 is 0 Å². The van der Waals surface area contributed by atoms with Crippen molar-refractivity contribution in [2.75, 3.05) is 6.54 Å². The molecule has 5 nitrogen and oxygen atoms in total. The third kappa shape index (κ3) is 3.36. The second-order valence-corrected chi connectivity index (χ2v) is 7.03. The fourth-order valence-corrected chi connectivity index (χ4v) is 4.00. The first kappa shape index (κ1) is 15.9. The SMILES string of the molecule is Cc1noc(C)c1C(=O)NCC(O)c1ccc(-c2ccsc2)s1. The van der Waals surface area contributed by atoms with Crippen molar-refractivity contribution in [3.05, 3.63) is 50.9 Å². The quantitative estimate of drug-likeness (QED) is 0.739. The van der Waals surface area contributed by atoms with Gasteiger partial charge < -0.3 is 14.9 Å². The number of hydrogen-bond donors (Lipinski definition) is 2. The Labute approximate surface area is 141 Å². The molecule has 0 fully saturated rings. The maximum absolute atomic E-state index is 12.2. The van der Waals surface area contributed by atoms with Crippen LogP contribution in [0.4, 0.5) is 0 Å². The lowest BCUT2D eigenvalue weighted by Crippen LogP contribution is -2.28. The van der Waals surface area contributed by atoms with E-state index in [9.17, 15) is 9.90 Å². The number of hydrogen-bond acceptors (Lipinski definition) is 6. The summed E-state index contributed by atoms with van der Waals surface area (Å²) in [6.45, 7) is 3.55. The Kier molecular flexibility index (Phi) is 4.61. The van der Waals surface area contributed by atoms with E-state index in [-0.39, 0.29) is 12.5 Å². The summed E-state index contributed by atoms with van der Waals surface area (Å²) in [7, 11) is 0. The fraction of sp³-hybridized carbons (Fsp3) is 0.250. The first-order valence-corrected chi connectivity index (χ1v) is 8.83. The number of aromatic nitrogens is 1. The summed E-state index contributed by atoms with van der Waals surface area (Å²) >= 11 is 3.17. The molecule has 3 rings (SSSR count). The Bertz CT molecular complexity index is 786. The van der Waals surface area contributed by atoms with Crippen molar-refractivity contribution < 1.29 is 14.4 Å². The van der Waals surface area contributed by atoms with Gasteiger partial charge in [0.25, 0.3) is 5.91 Å². The normalized spacial score (nSPS) is 12.3. The predicted octanol–water partition coefficient (Wildman–Crippen LogP) is 3.54. The molecule has 0 aliphatic rings. The number of aryl methyl sites for hydroxylation is 2. The van der Waals surface area contributed by atoms with Crippen LogP contribution in [0.15, 0.2) is 33.5 Å². The van der Waals surface area contributed by atoms with Gasteiger partial charge in [-0.25, -0.2) is 0 Å². The zero-order valence-corrected chi connectivity index (χ0v) is 14.3. The van der Waals surface area contributed by atoms with E-state index in [1.54, 1.807) is 25.2 Å². The monoisotopic (exact) mass is 348 g/mol. The molecule has 1 atom stereocenters. The van der Waals surface area contributed by atoms with Gasteiger partial charge in [-0.3, -0.25) is 4.79 Å². The summed E-state index contributed by atoms with van der Waals surface area (Å²) in [5.74, 6) is 0.195. The van der Waals surface area contributed by atoms with Crippen LogP contribution < -0.4 is 5.32 Å². The van der Waals surface area contributed by atoms with E-state index in [4.69, 9.17) is 4.52 Å². The maximum Gasteiger partial charge on any atom is 0.256 e. The van der Waals surface area contributed by atoms with Crippen LogP contribution in [-0.2, 0) is 0 Å². The Balaban J connectivity index is 1.64. The molecule has 3 aromatic heterocycles. The highest BCUT2D eigenvalue weighted by Gasteiger charge is 2.19. The molecular weight excluding hydrogens is 332 g/mol. The van der Waals surface area contributed by atoms with Crippen LogP contribution in [0.1, 0.15) is 32.8 Å². The van der Waals surface area contributed by atoms with Gasteiger partial charge in [0.1, 0.15) is 17.4 Å². The fourth-order valence-electron chi connectivity index (χ4n) is 2.28. The first-order chi connectivity index (χ1) is 11.1. The molecule has 0 saturated carbocycles. The van der Waals surface area contributed by atoms with Crippen molar-refractivity contribution in [2.45, 2.75) is 20.0 Å². The molecule has 0 aliphatic carbocycles. The zero-order valence-electron chi connectivity index (χ0n) is 12.7. The van der Waals surface area contributed by atoms with Gasteiger partial charge in [-0.1, -0.05) is 5.16 Å². The van der Waals surface area contributed by atoms with Gasteiger partial charge in [-0.05, 0) is 42.8 Å². The smallest absolute Gasteiger partial charge is 0.256 e. The lowest BCUT2D eigenvalue weighted by Gasteiger charge is -2.10. The third-order valence-electron chi connectivity index (χ3n) is 3.48. The molecule has 1 amide bonds. The lowest BCUT2D eigenvalue weighted by molar-refractivity contribution is 0.0916. The molecule has 0 aliphatic heterocycles. The van der Waals surface area contributed by atoms with Crippen molar-refractivity contribution in [1.29, 1.82) is 0 Å². The van der Waals surface area contributed by atoms with Crippen LogP contribution in [0.5, 0.6) is 0 Å². The standard InChI is InChI=1S/C16H16N2O3S2/c1-9-15(10(2)21-18-9)16(20)17-7-12(19)14-4-3-13(23-14)11-5-6-22-8-11/h3-6,8,12,19H,7H2,1-2H3,(H,17,20). The predicted molar refractivity (Wildman–Crippen MR) is 90.9 cm³/mol. The second kappa shape index (κ2) is 6.66. The Morgan fingerprint density at radius 1 is 1.39 bits per heavy atom. The van der Waals surface area contributed by atoms with Gasteiger partial charge in [0.2, 0.25) is 0 Å². The van der Waals surface area contributed by atoms with E-state index in [0.29, 0.717) is 17.0 Å². The number of thiophene rings is 2. The van der Waals surface area contributed by atoms with Crippen molar-refractivity contribution in [1.82, 2.24) is 10.5 Å². The van der Waals surface area contributed by atoms with Crippen LogP contribution in [0.25, 0.3) is 10.4 Å². The number of aliphatic hydroxyl groups excluding tert-OH is 1. The molecule has 0 saturated heterocycles. The highest BCUT2D eigenvalue weighted by molar-refractivity contribution is 7.16. The molecule has 23 heavy (non-hydrogen) atoms. The lowest BCUT2D eigenvalue weighted by atomic mass is 10.2. The molecule has 7 heteroatoms. The van der Waals surface area contributed by atoms with E-state index < -0.39 is 6.10 Å². The number of nitrogens with one attached hydrogen (secondary N) is 1. The van der Waals surface area contributed by atoms with Crippen molar-refractivity contribution in [3.63, 3.8) is 0 Å². The van der Waals surface area contributed by atoms with Crippen LogP contribution >= 0.6 is 22.7 Å². The maximum atomic E-state index is 12.2. The van der Waals surface area contributed by atoms with Gasteiger partial charge in [-0.2, -0.15) is 11.3 Å². The molecule has 3 aromatic rings. The van der Waals surface area contributed by atoms with E-state index in [1.165, 1.54) is 11.3 Å². The Morgan fingerprint density at radius 2 is 2.22 bits per heavy atom.